The minimum absolute atomic E-state index is 0.402. The average molecular weight is 217 g/mol. The molecule has 2 rings (SSSR count). The van der Waals surface area contributed by atoms with Gasteiger partial charge in [0, 0.05) is 5.39 Å². The van der Waals surface area contributed by atoms with Crippen LogP contribution in [0.25, 0.3) is 11.0 Å². The molecule has 2 aromatic rings. The fourth-order valence-corrected chi connectivity index (χ4v) is 1.90. The van der Waals surface area contributed by atoms with Crippen LogP contribution < -0.4 is 0 Å². The van der Waals surface area contributed by atoms with Gasteiger partial charge in [-0.1, -0.05) is 38.1 Å². The lowest BCUT2D eigenvalue weighted by Gasteiger charge is -2.16. The molecule has 0 aliphatic rings. The topological polar surface area (TPSA) is 26.0 Å². The lowest BCUT2D eigenvalue weighted by molar-refractivity contribution is 0.362. The lowest BCUT2D eigenvalue weighted by Crippen LogP contribution is -2.05. The normalized spacial score (nSPS) is 12.2. The number of rotatable bonds is 3. The quantitative estimate of drug-likeness (QED) is 0.770. The minimum atomic E-state index is 0.402. The second kappa shape index (κ2) is 4.28. The van der Waals surface area contributed by atoms with E-state index in [1.807, 2.05) is 18.2 Å². The third-order valence-electron chi connectivity index (χ3n) is 2.79. The van der Waals surface area contributed by atoms with Gasteiger partial charge >= 0.3 is 0 Å². The van der Waals surface area contributed by atoms with Crippen LogP contribution in [0.15, 0.2) is 28.8 Å². The van der Waals surface area contributed by atoms with Crippen molar-refractivity contribution in [3.05, 3.63) is 30.0 Å². The Kier molecular flexibility index (Phi) is 2.99. The number of nitrogens with zero attached hydrogens (tertiary/aromatic N) is 1. The smallest absolute Gasteiger partial charge is 0.167 e. The number of hydrogen-bond donors (Lipinski definition) is 0. The molecule has 0 amide bonds. The number of benzene rings is 1. The van der Waals surface area contributed by atoms with E-state index in [0.29, 0.717) is 5.41 Å². The minimum Gasteiger partial charge on any atom is -0.356 e. The van der Waals surface area contributed by atoms with E-state index in [1.165, 1.54) is 12.8 Å². The molecule has 0 saturated heterocycles. The number of para-hydroxylation sites is 1. The van der Waals surface area contributed by atoms with Crippen molar-refractivity contribution in [1.29, 1.82) is 0 Å². The highest BCUT2D eigenvalue weighted by Crippen LogP contribution is 2.24. The van der Waals surface area contributed by atoms with Crippen LogP contribution in [0.2, 0.25) is 0 Å². The average Bonchev–Trinajstić information content (AvgIpc) is 2.60. The number of hydrogen-bond acceptors (Lipinski definition) is 2. The molecule has 0 aliphatic heterocycles. The predicted molar refractivity (Wildman–Crippen MR) is 66.4 cm³/mol. The van der Waals surface area contributed by atoms with Crippen molar-refractivity contribution in [1.82, 2.24) is 5.16 Å². The summed E-state index contributed by atoms with van der Waals surface area (Å²) in [5.74, 6) is 0. The van der Waals surface area contributed by atoms with E-state index in [9.17, 15) is 0 Å². The van der Waals surface area contributed by atoms with Gasteiger partial charge in [-0.05, 0) is 36.8 Å². The Labute approximate surface area is 96.6 Å². The summed E-state index contributed by atoms with van der Waals surface area (Å²) in [4.78, 5) is 0. The zero-order valence-corrected chi connectivity index (χ0v) is 10.3. The number of aromatic nitrogens is 1. The van der Waals surface area contributed by atoms with Gasteiger partial charge in [0.05, 0.1) is 5.69 Å². The molecule has 1 heterocycles. The van der Waals surface area contributed by atoms with Crippen molar-refractivity contribution in [2.45, 2.75) is 40.0 Å². The Morgan fingerprint density at radius 1 is 1.19 bits per heavy atom. The lowest BCUT2D eigenvalue weighted by atomic mass is 9.89. The summed E-state index contributed by atoms with van der Waals surface area (Å²) in [6, 6.07) is 8.06. The first-order chi connectivity index (χ1) is 7.56. The van der Waals surface area contributed by atoms with Crippen LogP contribution in [0, 0.1) is 5.41 Å². The summed E-state index contributed by atoms with van der Waals surface area (Å²) >= 11 is 0. The molecule has 1 aromatic carbocycles. The van der Waals surface area contributed by atoms with Gasteiger partial charge in [-0.15, -0.1) is 0 Å². The first-order valence-corrected chi connectivity index (χ1v) is 5.89. The van der Waals surface area contributed by atoms with E-state index in [1.54, 1.807) is 0 Å². The molecule has 1 aromatic heterocycles. The maximum Gasteiger partial charge on any atom is 0.167 e. The van der Waals surface area contributed by atoms with Crippen molar-refractivity contribution in [2.75, 3.05) is 0 Å². The zero-order valence-electron chi connectivity index (χ0n) is 10.3. The SMILES string of the molecule is CC(C)(C)CCCc1noc2ccccc12. The van der Waals surface area contributed by atoms with E-state index < -0.39 is 0 Å². The van der Waals surface area contributed by atoms with Crippen LogP contribution in [-0.4, -0.2) is 5.16 Å². The zero-order chi connectivity index (χ0) is 11.6. The molecule has 0 unspecified atom stereocenters. The van der Waals surface area contributed by atoms with Crippen LogP contribution in [0.3, 0.4) is 0 Å². The van der Waals surface area contributed by atoms with Gasteiger partial charge in [0.2, 0.25) is 0 Å². The molecule has 2 heteroatoms. The molecule has 0 bridgehead atoms. The maximum atomic E-state index is 5.28. The van der Waals surface area contributed by atoms with Gasteiger partial charge in [-0.2, -0.15) is 0 Å². The van der Waals surface area contributed by atoms with Crippen molar-refractivity contribution < 1.29 is 4.52 Å². The van der Waals surface area contributed by atoms with E-state index in [2.05, 4.69) is 32.0 Å². The molecule has 0 fully saturated rings. The number of fused-ring (bicyclic) bond motifs is 1. The molecule has 0 N–H and O–H groups in total. The molecular formula is C14H19NO. The van der Waals surface area contributed by atoms with Crippen molar-refractivity contribution in [3.8, 4) is 0 Å². The highest BCUT2D eigenvalue weighted by Gasteiger charge is 2.12. The summed E-state index contributed by atoms with van der Waals surface area (Å²) in [6.07, 6.45) is 3.39. The fourth-order valence-electron chi connectivity index (χ4n) is 1.90. The van der Waals surface area contributed by atoms with Crippen LogP contribution in [0.5, 0.6) is 0 Å². The summed E-state index contributed by atoms with van der Waals surface area (Å²) in [5.41, 5.74) is 2.40. The van der Waals surface area contributed by atoms with Crippen molar-refractivity contribution in [3.63, 3.8) is 0 Å². The Hall–Kier alpha value is -1.31. The standard InChI is InChI=1S/C14H19NO/c1-14(2,3)10-6-8-12-11-7-4-5-9-13(11)16-15-12/h4-5,7,9H,6,8,10H2,1-3H3. The summed E-state index contributed by atoms with van der Waals surface area (Å²) < 4.78 is 5.28. The van der Waals surface area contributed by atoms with Crippen LogP contribution >= 0.6 is 0 Å². The van der Waals surface area contributed by atoms with Crippen LogP contribution in [0.1, 0.15) is 39.3 Å². The molecule has 0 radical (unpaired) electrons. The first-order valence-electron chi connectivity index (χ1n) is 5.89. The van der Waals surface area contributed by atoms with Gasteiger partial charge in [0.15, 0.2) is 5.58 Å². The van der Waals surface area contributed by atoms with Crippen molar-refractivity contribution >= 4 is 11.0 Å². The van der Waals surface area contributed by atoms with Crippen molar-refractivity contribution in [2.24, 2.45) is 5.41 Å². The van der Waals surface area contributed by atoms with E-state index in [0.717, 1.165) is 23.1 Å². The molecule has 2 nitrogen and oxygen atoms in total. The van der Waals surface area contributed by atoms with E-state index >= 15 is 0 Å². The summed E-state index contributed by atoms with van der Waals surface area (Å²) in [6.45, 7) is 6.82. The summed E-state index contributed by atoms with van der Waals surface area (Å²) in [5, 5.41) is 5.30. The molecule has 16 heavy (non-hydrogen) atoms. The fraction of sp³-hybridized carbons (Fsp3) is 0.500. The van der Waals surface area contributed by atoms with Gasteiger partial charge in [0.25, 0.3) is 0 Å². The van der Waals surface area contributed by atoms with Gasteiger partial charge in [-0.3, -0.25) is 0 Å². The third kappa shape index (κ3) is 2.63. The van der Waals surface area contributed by atoms with Gasteiger partial charge in [0.1, 0.15) is 0 Å². The third-order valence-corrected chi connectivity index (χ3v) is 2.79. The molecule has 0 aliphatic carbocycles. The van der Waals surface area contributed by atoms with Crippen LogP contribution in [0.4, 0.5) is 0 Å². The monoisotopic (exact) mass is 217 g/mol. The second-order valence-corrected chi connectivity index (χ2v) is 5.54. The molecule has 0 atom stereocenters. The largest absolute Gasteiger partial charge is 0.356 e. The Balaban J connectivity index is 2.05. The van der Waals surface area contributed by atoms with Crippen LogP contribution in [-0.2, 0) is 6.42 Å². The highest BCUT2D eigenvalue weighted by molar-refractivity contribution is 5.79. The number of aryl methyl sites for hydroxylation is 1. The van der Waals surface area contributed by atoms with Gasteiger partial charge in [-0.25, -0.2) is 0 Å². The summed E-state index contributed by atoms with van der Waals surface area (Å²) in [7, 11) is 0. The predicted octanol–water partition coefficient (Wildman–Crippen LogP) is 4.20. The van der Waals surface area contributed by atoms with Gasteiger partial charge < -0.3 is 4.52 Å². The Morgan fingerprint density at radius 3 is 2.69 bits per heavy atom. The highest BCUT2D eigenvalue weighted by atomic mass is 16.5. The Bertz CT molecular complexity index is 465. The molecule has 0 saturated carbocycles. The van der Waals surface area contributed by atoms with E-state index in [-0.39, 0.29) is 0 Å². The molecular weight excluding hydrogens is 198 g/mol. The van der Waals surface area contributed by atoms with E-state index in [4.69, 9.17) is 4.52 Å². The maximum absolute atomic E-state index is 5.28. The Morgan fingerprint density at radius 2 is 1.94 bits per heavy atom. The first kappa shape index (κ1) is 11.2. The molecule has 86 valence electrons. The molecule has 0 spiro atoms. The second-order valence-electron chi connectivity index (χ2n) is 5.54.